The quantitative estimate of drug-likeness (QED) is 0.714. The second-order valence-electron chi connectivity index (χ2n) is 7.59. The SMILES string of the molecule is COc1ccc(NC(=O)C[NH+](Cc2ccc(F)cc2)C2CCCCC2)c(OC)c1. The van der Waals surface area contributed by atoms with Crippen LogP contribution in [0.4, 0.5) is 10.1 Å². The first-order valence-electron chi connectivity index (χ1n) is 10.2. The molecule has 5 nitrogen and oxygen atoms in total. The van der Waals surface area contributed by atoms with Crippen LogP contribution in [0.25, 0.3) is 0 Å². The van der Waals surface area contributed by atoms with Crippen LogP contribution < -0.4 is 19.7 Å². The molecule has 1 atom stereocenters. The van der Waals surface area contributed by atoms with E-state index in [1.165, 1.54) is 36.3 Å². The molecule has 1 aliphatic rings. The van der Waals surface area contributed by atoms with E-state index in [1.807, 2.05) is 12.1 Å². The molecule has 6 heteroatoms. The molecule has 0 aliphatic heterocycles. The van der Waals surface area contributed by atoms with Gasteiger partial charge in [-0.1, -0.05) is 18.6 Å². The molecule has 1 unspecified atom stereocenters. The molecule has 1 fully saturated rings. The standard InChI is InChI=1S/C23H29FN2O3/c1-28-20-12-13-21(22(14-20)29-2)25-23(27)16-26(19-6-4-3-5-7-19)15-17-8-10-18(24)11-9-17/h8-14,19H,3-7,15-16H2,1-2H3,(H,25,27)/p+1. The van der Waals surface area contributed by atoms with Crippen LogP contribution >= 0.6 is 0 Å². The maximum absolute atomic E-state index is 13.3. The summed E-state index contributed by atoms with van der Waals surface area (Å²) < 4.78 is 23.9. The summed E-state index contributed by atoms with van der Waals surface area (Å²) in [7, 11) is 3.16. The summed E-state index contributed by atoms with van der Waals surface area (Å²) in [4.78, 5) is 14.1. The minimum absolute atomic E-state index is 0.0591. The third kappa shape index (κ3) is 5.94. The third-order valence-corrected chi connectivity index (χ3v) is 5.60. The Morgan fingerprint density at radius 2 is 1.79 bits per heavy atom. The number of ether oxygens (including phenoxy) is 2. The third-order valence-electron chi connectivity index (χ3n) is 5.60. The number of anilines is 1. The number of quaternary nitrogens is 1. The fourth-order valence-electron chi connectivity index (χ4n) is 4.03. The van der Waals surface area contributed by atoms with Gasteiger partial charge in [0.25, 0.3) is 5.91 Å². The number of methoxy groups -OCH3 is 2. The van der Waals surface area contributed by atoms with E-state index in [2.05, 4.69) is 5.32 Å². The van der Waals surface area contributed by atoms with Gasteiger partial charge in [0.15, 0.2) is 6.54 Å². The Labute approximate surface area is 171 Å². The predicted molar refractivity (Wildman–Crippen MR) is 111 cm³/mol. The van der Waals surface area contributed by atoms with Crippen molar-refractivity contribution in [1.82, 2.24) is 0 Å². The van der Waals surface area contributed by atoms with Gasteiger partial charge < -0.3 is 19.7 Å². The van der Waals surface area contributed by atoms with Gasteiger partial charge in [0, 0.05) is 11.6 Å². The van der Waals surface area contributed by atoms with Crippen LogP contribution in [0.1, 0.15) is 37.7 Å². The smallest absolute Gasteiger partial charge is 0.279 e. The highest BCUT2D eigenvalue weighted by molar-refractivity contribution is 5.93. The highest BCUT2D eigenvalue weighted by Gasteiger charge is 2.27. The van der Waals surface area contributed by atoms with Crippen LogP contribution in [0, 0.1) is 5.82 Å². The van der Waals surface area contributed by atoms with Gasteiger partial charge in [0.05, 0.1) is 25.9 Å². The molecule has 0 radical (unpaired) electrons. The average molecular weight is 402 g/mol. The first kappa shape index (κ1) is 21.1. The van der Waals surface area contributed by atoms with Crippen molar-refractivity contribution < 1.29 is 23.6 Å². The lowest BCUT2D eigenvalue weighted by Gasteiger charge is -2.31. The van der Waals surface area contributed by atoms with Crippen LogP contribution in [-0.4, -0.2) is 32.7 Å². The summed E-state index contributed by atoms with van der Waals surface area (Å²) in [5, 5.41) is 2.98. The molecule has 29 heavy (non-hydrogen) atoms. The van der Waals surface area contributed by atoms with Crippen LogP contribution in [0.3, 0.4) is 0 Å². The highest BCUT2D eigenvalue weighted by atomic mass is 19.1. The van der Waals surface area contributed by atoms with Crippen molar-refractivity contribution >= 4 is 11.6 Å². The minimum atomic E-state index is -0.239. The fraction of sp³-hybridized carbons (Fsp3) is 0.435. The molecular weight excluding hydrogens is 371 g/mol. The number of amides is 1. The van der Waals surface area contributed by atoms with Crippen LogP contribution in [0.5, 0.6) is 11.5 Å². The van der Waals surface area contributed by atoms with E-state index in [0.717, 1.165) is 18.4 Å². The van der Waals surface area contributed by atoms with E-state index in [9.17, 15) is 9.18 Å². The molecule has 156 valence electrons. The number of nitrogens with one attached hydrogen (secondary N) is 2. The number of carbonyl (C=O) groups is 1. The topological polar surface area (TPSA) is 52.0 Å². The molecule has 0 aromatic heterocycles. The van der Waals surface area contributed by atoms with Crippen LogP contribution in [-0.2, 0) is 11.3 Å². The molecule has 0 heterocycles. The van der Waals surface area contributed by atoms with Crippen molar-refractivity contribution in [2.45, 2.75) is 44.7 Å². The summed E-state index contributed by atoms with van der Waals surface area (Å²) >= 11 is 0. The van der Waals surface area contributed by atoms with Crippen molar-refractivity contribution in [3.63, 3.8) is 0 Å². The van der Waals surface area contributed by atoms with E-state index in [1.54, 1.807) is 32.4 Å². The zero-order valence-corrected chi connectivity index (χ0v) is 17.2. The lowest BCUT2D eigenvalue weighted by molar-refractivity contribution is -0.932. The van der Waals surface area contributed by atoms with Gasteiger partial charge in [0.2, 0.25) is 0 Å². The normalized spacial score (nSPS) is 15.6. The Balaban J connectivity index is 1.70. The molecular formula is C23H30FN2O3+. The molecule has 1 amide bonds. The second-order valence-corrected chi connectivity index (χ2v) is 7.59. The number of rotatable bonds is 8. The van der Waals surface area contributed by atoms with E-state index >= 15 is 0 Å². The van der Waals surface area contributed by atoms with E-state index in [0.29, 0.717) is 36.3 Å². The molecule has 0 saturated heterocycles. The molecule has 1 saturated carbocycles. The maximum atomic E-state index is 13.3. The Hall–Kier alpha value is -2.60. The van der Waals surface area contributed by atoms with E-state index in [-0.39, 0.29) is 11.7 Å². The Morgan fingerprint density at radius 3 is 2.45 bits per heavy atom. The molecule has 1 aliphatic carbocycles. The lowest BCUT2D eigenvalue weighted by atomic mass is 9.93. The molecule has 0 spiro atoms. The highest BCUT2D eigenvalue weighted by Crippen LogP contribution is 2.28. The van der Waals surface area contributed by atoms with Gasteiger partial charge in [-0.05, 0) is 49.9 Å². The first-order chi connectivity index (χ1) is 14.1. The second kappa shape index (κ2) is 10.3. The average Bonchev–Trinajstić information content (AvgIpc) is 2.75. The summed E-state index contributed by atoms with van der Waals surface area (Å²) in [6.07, 6.45) is 5.90. The minimum Gasteiger partial charge on any atom is -0.497 e. The predicted octanol–water partition coefficient (Wildman–Crippen LogP) is 3.20. The van der Waals surface area contributed by atoms with Gasteiger partial charge >= 0.3 is 0 Å². The fourth-order valence-corrected chi connectivity index (χ4v) is 4.03. The zero-order valence-electron chi connectivity index (χ0n) is 17.2. The van der Waals surface area contributed by atoms with Gasteiger partial charge in [-0.15, -0.1) is 0 Å². The van der Waals surface area contributed by atoms with Crippen molar-refractivity contribution in [2.75, 3.05) is 26.1 Å². The Bertz CT molecular complexity index is 804. The van der Waals surface area contributed by atoms with Gasteiger partial charge in [-0.2, -0.15) is 0 Å². The lowest BCUT2D eigenvalue weighted by Crippen LogP contribution is -3.15. The number of hydrogen-bond acceptors (Lipinski definition) is 3. The van der Waals surface area contributed by atoms with Crippen LogP contribution in [0.2, 0.25) is 0 Å². The van der Waals surface area contributed by atoms with Crippen molar-refractivity contribution in [3.8, 4) is 11.5 Å². The number of hydrogen-bond donors (Lipinski definition) is 2. The van der Waals surface area contributed by atoms with E-state index < -0.39 is 0 Å². The number of halogens is 1. The van der Waals surface area contributed by atoms with Crippen molar-refractivity contribution in [2.24, 2.45) is 0 Å². The van der Waals surface area contributed by atoms with Gasteiger partial charge in [-0.25, -0.2) is 4.39 Å². The van der Waals surface area contributed by atoms with Gasteiger partial charge in [-0.3, -0.25) is 4.79 Å². The maximum Gasteiger partial charge on any atom is 0.279 e. The molecule has 3 rings (SSSR count). The summed E-state index contributed by atoms with van der Waals surface area (Å²) in [6, 6.07) is 12.4. The van der Waals surface area contributed by atoms with Crippen molar-refractivity contribution in [3.05, 3.63) is 53.8 Å². The van der Waals surface area contributed by atoms with Crippen molar-refractivity contribution in [1.29, 1.82) is 0 Å². The monoisotopic (exact) mass is 401 g/mol. The Morgan fingerprint density at radius 1 is 1.07 bits per heavy atom. The molecule has 2 N–H and O–H groups in total. The summed E-state index contributed by atoms with van der Waals surface area (Å²) in [5.74, 6) is 0.939. The zero-order chi connectivity index (χ0) is 20.6. The first-order valence-corrected chi connectivity index (χ1v) is 10.2. The Kier molecular flexibility index (Phi) is 7.47. The summed E-state index contributed by atoms with van der Waals surface area (Å²) in [6.45, 7) is 1.06. The molecule has 2 aromatic rings. The molecule has 2 aromatic carbocycles. The molecule has 0 bridgehead atoms. The summed E-state index contributed by atoms with van der Waals surface area (Å²) in [5.41, 5.74) is 1.67. The van der Waals surface area contributed by atoms with Crippen LogP contribution in [0.15, 0.2) is 42.5 Å². The van der Waals surface area contributed by atoms with Gasteiger partial charge in [0.1, 0.15) is 23.9 Å². The number of benzene rings is 2. The van der Waals surface area contributed by atoms with E-state index in [4.69, 9.17) is 9.47 Å². The number of carbonyl (C=O) groups excluding carboxylic acids is 1. The largest absolute Gasteiger partial charge is 0.497 e.